The molecule has 20 heavy (non-hydrogen) atoms. The van der Waals surface area contributed by atoms with E-state index in [1.165, 1.54) is 12.1 Å². The van der Waals surface area contributed by atoms with Crippen molar-refractivity contribution in [2.75, 3.05) is 18.1 Å². The summed E-state index contributed by atoms with van der Waals surface area (Å²) < 4.78 is 0. The van der Waals surface area contributed by atoms with E-state index in [9.17, 15) is 20.0 Å². The van der Waals surface area contributed by atoms with Crippen LogP contribution in [0.3, 0.4) is 0 Å². The second-order valence-electron chi connectivity index (χ2n) is 4.77. The van der Waals surface area contributed by atoms with Crippen molar-refractivity contribution in [3.05, 3.63) is 33.9 Å². The fraction of sp³-hybridized carbons (Fsp3) is 0.462. The maximum Gasteiger partial charge on any atom is 0.338 e. The monoisotopic (exact) mass is 280 g/mol. The van der Waals surface area contributed by atoms with Gasteiger partial charge in [0, 0.05) is 24.7 Å². The Kier molecular flexibility index (Phi) is 4.19. The number of hydrogen-bond acceptors (Lipinski definition) is 5. The molecule has 7 heteroatoms. The van der Waals surface area contributed by atoms with E-state index in [4.69, 9.17) is 5.11 Å². The lowest BCUT2D eigenvalue weighted by Gasteiger charge is -2.39. The van der Waals surface area contributed by atoms with Gasteiger partial charge in [0.05, 0.1) is 22.8 Å². The van der Waals surface area contributed by atoms with Crippen LogP contribution in [0.1, 0.15) is 29.6 Å². The highest BCUT2D eigenvalue weighted by Gasteiger charge is 2.28. The van der Waals surface area contributed by atoms with Crippen molar-refractivity contribution in [2.24, 2.45) is 0 Å². The van der Waals surface area contributed by atoms with E-state index < -0.39 is 10.9 Å². The average molecular weight is 280 g/mol. The van der Waals surface area contributed by atoms with Gasteiger partial charge in [0.25, 0.3) is 5.69 Å². The summed E-state index contributed by atoms with van der Waals surface area (Å²) in [4.78, 5) is 23.3. The zero-order valence-electron chi connectivity index (χ0n) is 10.9. The molecule has 0 aliphatic heterocycles. The quantitative estimate of drug-likeness (QED) is 0.606. The van der Waals surface area contributed by atoms with Gasteiger partial charge >= 0.3 is 5.97 Å². The number of nitrogens with zero attached hydrogens (tertiary/aromatic N) is 2. The van der Waals surface area contributed by atoms with Crippen molar-refractivity contribution in [1.82, 2.24) is 0 Å². The first-order valence-electron chi connectivity index (χ1n) is 6.44. The molecule has 1 aromatic rings. The molecule has 1 aromatic carbocycles. The minimum absolute atomic E-state index is 0.0907. The van der Waals surface area contributed by atoms with Gasteiger partial charge in [-0.3, -0.25) is 10.1 Å². The zero-order valence-corrected chi connectivity index (χ0v) is 10.9. The summed E-state index contributed by atoms with van der Waals surface area (Å²) in [6.45, 7) is 0.231. The molecule has 0 radical (unpaired) electrons. The number of hydrogen-bond donors (Lipinski definition) is 2. The third-order valence-corrected chi connectivity index (χ3v) is 3.59. The van der Waals surface area contributed by atoms with Crippen LogP contribution in [0, 0.1) is 10.1 Å². The summed E-state index contributed by atoms with van der Waals surface area (Å²) in [5.74, 6) is -1.20. The number of carbonyl (C=O) groups is 1. The van der Waals surface area contributed by atoms with Gasteiger partial charge in [-0.15, -0.1) is 0 Å². The number of aliphatic hydroxyl groups is 1. The maximum absolute atomic E-state index is 11.3. The number of benzene rings is 1. The Morgan fingerprint density at radius 1 is 1.45 bits per heavy atom. The van der Waals surface area contributed by atoms with E-state index in [1.807, 2.05) is 4.90 Å². The van der Waals surface area contributed by atoms with Crippen LogP contribution in [0.15, 0.2) is 18.2 Å². The lowest BCUT2D eigenvalue weighted by molar-refractivity contribution is -0.384. The third kappa shape index (κ3) is 2.72. The number of nitro benzene ring substituents is 1. The average Bonchev–Trinajstić information content (AvgIpc) is 2.35. The van der Waals surface area contributed by atoms with Crippen LogP contribution in [-0.4, -0.2) is 40.3 Å². The molecule has 1 aliphatic rings. The fourth-order valence-electron chi connectivity index (χ4n) is 2.37. The van der Waals surface area contributed by atoms with Gasteiger partial charge in [0.1, 0.15) is 0 Å². The molecule has 108 valence electrons. The SMILES string of the molecule is O=C(O)c1cc([N+](=O)[O-])ccc1N(CCO)C1CCC1. The smallest absolute Gasteiger partial charge is 0.338 e. The number of non-ortho nitro benzene ring substituents is 1. The Labute approximate surface area is 115 Å². The van der Waals surface area contributed by atoms with Gasteiger partial charge in [-0.1, -0.05) is 0 Å². The summed E-state index contributed by atoms with van der Waals surface area (Å²) in [5, 5.41) is 29.1. The predicted molar refractivity (Wildman–Crippen MR) is 72.1 cm³/mol. The molecule has 0 aromatic heterocycles. The maximum atomic E-state index is 11.3. The molecule has 2 N–H and O–H groups in total. The van der Waals surface area contributed by atoms with Crippen LogP contribution in [0.25, 0.3) is 0 Å². The molecule has 1 fully saturated rings. The van der Waals surface area contributed by atoms with Crippen LogP contribution in [0.5, 0.6) is 0 Å². The van der Waals surface area contributed by atoms with Crippen molar-refractivity contribution in [1.29, 1.82) is 0 Å². The van der Waals surface area contributed by atoms with Crippen LogP contribution in [-0.2, 0) is 0 Å². The second kappa shape index (κ2) is 5.87. The van der Waals surface area contributed by atoms with Gasteiger partial charge < -0.3 is 15.1 Å². The van der Waals surface area contributed by atoms with Crippen molar-refractivity contribution in [3.63, 3.8) is 0 Å². The molecule has 0 bridgehead atoms. The first-order chi connectivity index (χ1) is 9.54. The molecule has 0 unspecified atom stereocenters. The van der Waals surface area contributed by atoms with Crippen LogP contribution in [0.4, 0.5) is 11.4 Å². The molecule has 0 heterocycles. The molecule has 0 amide bonds. The van der Waals surface area contributed by atoms with E-state index in [0.717, 1.165) is 25.3 Å². The summed E-state index contributed by atoms with van der Waals surface area (Å²) in [6.07, 6.45) is 2.95. The second-order valence-corrected chi connectivity index (χ2v) is 4.77. The Hall–Kier alpha value is -2.15. The first-order valence-corrected chi connectivity index (χ1v) is 6.44. The van der Waals surface area contributed by atoms with Gasteiger partial charge in [0.2, 0.25) is 0 Å². The lowest BCUT2D eigenvalue weighted by Crippen LogP contribution is -2.42. The first kappa shape index (κ1) is 14.3. The minimum Gasteiger partial charge on any atom is -0.478 e. The van der Waals surface area contributed by atoms with Gasteiger partial charge in [-0.25, -0.2) is 4.79 Å². The number of aliphatic hydroxyl groups excluding tert-OH is 1. The molecule has 0 saturated heterocycles. The highest BCUT2D eigenvalue weighted by atomic mass is 16.6. The van der Waals surface area contributed by atoms with E-state index in [-0.39, 0.29) is 23.9 Å². The van der Waals surface area contributed by atoms with E-state index in [1.54, 1.807) is 0 Å². The number of carboxylic acid groups (broad SMARTS) is 1. The van der Waals surface area contributed by atoms with Gasteiger partial charge in [-0.2, -0.15) is 0 Å². The number of rotatable bonds is 6. The Morgan fingerprint density at radius 3 is 2.60 bits per heavy atom. The Bertz CT molecular complexity index is 527. The lowest BCUT2D eigenvalue weighted by atomic mass is 9.90. The van der Waals surface area contributed by atoms with Crippen molar-refractivity contribution >= 4 is 17.3 Å². The van der Waals surface area contributed by atoms with Crippen molar-refractivity contribution in [2.45, 2.75) is 25.3 Å². The molecule has 1 saturated carbocycles. The molecule has 7 nitrogen and oxygen atoms in total. The Morgan fingerprint density at radius 2 is 2.15 bits per heavy atom. The van der Waals surface area contributed by atoms with E-state index in [2.05, 4.69) is 0 Å². The Balaban J connectivity index is 2.41. The van der Waals surface area contributed by atoms with Crippen LogP contribution in [0.2, 0.25) is 0 Å². The summed E-state index contributed by atoms with van der Waals surface area (Å²) >= 11 is 0. The highest BCUT2D eigenvalue weighted by Crippen LogP contribution is 2.33. The molecular weight excluding hydrogens is 264 g/mol. The zero-order chi connectivity index (χ0) is 14.7. The predicted octanol–water partition coefficient (Wildman–Crippen LogP) is 1.64. The van der Waals surface area contributed by atoms with Gasteiger partial charge in [-0.05, 0) is 25.3 Å². The topological polar surface area (TPSA) is 104 Å². The highest BCUT2D eigenvalue weighted by molar-refractivity contribution is 5.95. The minimum atomic E-state index is -1.20. The summed E-state index contributed by atoms with van der Waals surface area (Å²) in [6, 6.07) is 4.02. The van der Waals surface area contributed by atoms with E-state index in [0.29, 0.717) is 12.2 Å². The van der Waals surface area contributed by atoms with Crippen molar-refractivity contribution < 1.29 is 19.9 Å². The number of nitro groups is 1. The molecular formula is C13H16N2O5. The largest absolute Gasteiger partial charge is 0.478 e. The number of aromatic carboxylic acids is 1. The summed E-state index contributed by atoms with van der Waals surface area (Å²) in [7, 11) is 0. The molecule has 2 rings (SSSR count). The van der Waals surface area contributed by atoms with Crippen LogP contribution < -0.4 is 4.90 Å². The van der Waals surface area contributed by atoms with Gasteiger partial charge in [0.15, 0.2) is 0 Å². The van der Waals surface area contributed by atoms with Crippen molar-refractivity contribution in [3.8, 4) is 0 Å². The summed E-state index contributed by atoms with van der Waals surface area (Å²) in [5.41, 5.74) is 0.0881. The van der Waals surface area contributed by atoms with E-state index >= 15 is 0 Å². The molecule has 0 atom stereocenters. The standard InChI is InChI=1S/C13H16N2O5/c16-7-6-14(9-2-1-3-9)12-5-4-10(15(19)20)8-11(12)13(17)18/h4-5,8-9,16H,1-3,6-7H2,(H,17,18). The van der Waals surface area contributed by atoms with Crippen LogP contribution >= 0.6 is 0 Å². The fourth-order valence-corrected chi connectivity index (χ4v) is 2.37. The third-order valence-electron chi connectivity index (χ3n) is 3.59. The number of carboxylic acids is 1. The number of anilines is 1. The molecule has 1 aliphatic carbocycles. The normalized spacial score (nSPS) is 14.7. The molecule has 0 spiro atoms.